The number of carboxylic acids is 1. The molecule has 1 aliphatic carbocycles. The van der Waals surface area contributed by atoms with E-state index in [-0.39, 0.29) is 11.9 Å². The van der Waals surface area contributed by atoms with Crippen LogP contribution in [0.25, 0.3) is 0 Å². The van der Waals surface area contributed by atoms with Crippen LogP contribution in [-0.4, -0.2) is 29.6 Å². The normalized spacial score (nSPS) is 20.9. The maximum absolute atomic E-state index is 12.3. The molecule has 2 atom stereocenters. The van der Waals surface area contributed by atoms with Crippen LogP contribution in [0.5, 0.6) is 0 Å². The molecule has 0 radical (unpaired) electrons. The minimum atomic E-state index is -1.28. The van der Waals surface area contributed by atoms with E-state index in [9.17, 15) is 14.7 Å². The number of benzene rings is 1. The smallest absolute Gasteiger partial charge is 0.319 e. The standard InChI is InChI=1S/C25H40N2O3/c1-3-5-6-7-8-9-10-11-20-12-14-21(15-13-20)19-27-22-16-17-25(18-22,24(29)30)23(28)26-4-2/h12-15,22,27H,3-11,16-19H2,1-2H3,(H,26,28)(H,29,30). The number of amides is 1. The highest BCUT2D eigenvalue weighted by molar-refractivity contribution is 6.02. The third kappa shape index (κ3) is 7.12. The van der Waals surface area contributed by atoms with Crippen LogP contribution in [0.15, 0.2) is 24.3 Å². The number of carboxylic acid groups (broad SMARTS) is 1. The van der Waals surface area contributed by atoms with Crippen LogP contribution in [-0.2, 0) is 22.6 Å². The van der Waals surface area contributed by atoms with Gasteiger partial charge in [0.05, 0.1) is 0 Å². The first-order valence-corrected chi connectivity index (χ1v) is 11.8. The summed E-state index contributed by atoms with van der Waals surface area (Å²) in [7, 11) is 0. The third-order valence-corrected chi connectivity index (χ3v) is 6.38. The predicted octanol–water partition coefficient (Wildman–Crippen LogP) is 4.83. The van der Waals surface area contributed by atoms with Crippen LogP contribution in [0, 0.1) is 5.41 Å². The fourth-order valence-electron chi connectivity index (χ4n) is 4.42. The molecule has 0 bridgehead atoms. The first kappa shape index (κ1) is 24.4. The summed E-state index contributed by atoms with van der Waals surface area (Å²) in [6.45, 7) is 5.22. The second kappa shape index (κ2) is 12.7. The molecular weight excluding hydrogens is 376 g/mol. The Morgan fingerprint density at radius 3 is 2.27 bits per heavy atom. The monoisotopic (exact) mass is 416 g/mol. The lowest BCUT2D eigenvalue weighted by Crippen LogP contribution is -2.46. The van der Waals surface area contributed by atoms with E-state index in [4.69, 9.17) is 0 Å². The van der Waals surface area contributed by atoms with Crippen molar-refractivity contribution in [2.24, 2.45) is 5.41 Å². The van der Waals surface area contributed by atoms with Crippen LogP contribution in [0.1, 0.15) is 89.2 Å². The Labute approximate surface area is 182 Å². The fourth-order valence-corrected chi connectivity index (χ4v) is 4.42. The molecule has 1 saturated carbocycles. The zero-order chi connectivity index (χ0) is 21.8. The van der Waals surface area contributed by atoms with Crippen molar-refractivity contribution >= 4 is 11.9 Å². The van der Waals surface area contributed by atoms with Crippen LogP contribution in [0.3, 0.4) is 0 Å². The van der Waals surface area contributed by atoms with Gasteiger partial charge in [0.2, 0.25) is 5.91 Å². The molecule has 1 aliphatic rings. The molecule has 0 saturated heterocycles. The lowest BCUT2D eigenvalue weighted by molar-refractivity contribution is -0.155. The SMILES string of the molecule is CCCCCCCCCc1ccc(CNC2CCC(C(=O)O)(C(=O)NCC)C2)cc1. The number of carbonyl (C=O) groups excluding carboxylic acids is 1. The molecule has 0 heterocycles. The Morgan fingerprint density at radius 2 is 1.63 bits per heavy atom. The first-order valence-electron chi connectivity index (χ1n) is 11.8. The first-order chi connectivity index (χ1) is 14.5. The predicted molar refractivity (Wildman–Crippen MR) is 121 cm³/mol. The summed E-state index contributed by atoms with van der Waals surface area (Å²) >= 11 is 0. The van der Waals surface area contributed by atoms with Gasteiger partial charge in [-0.3, -0.25) is 9.59 Å². The number of hydrogen-bond acceptors (Lipinski definition) is 3. The highest BCUT2D eigenvalue weighted by atomic mass is 16.4. The molecule has 1 fully saturated rings. The molecule has 0 aromatic heterocycles. The number of aryl methyl sites for hydroxylation is 1. The van der Waals surface area contributed by atoms with Crippen molar-refractivity contribution in [3.63, 3.8) is 0 Å². The molecule has 168 valence electrons. The Kier molecular flexibility index (Phi) is 10.4. The zero-order valence-corrected chi connectivity index (χ0v) is 18.8. The van der Waals surface area contributed by atoms with Gasteiger partial charge in [-0.25, -0.2) is 0 Å². The Morgan fingerprint density at radius 1 is 1.00 bits per heavy atom. The summed E-state index contributed by atoms with van der Waals surface area (Å²) in [5.41, 5.74) is 1.30. The number of carbonyl (C=O) groups is 2. The van der Waals surface area contributed by atoms with E-state index >= 15 is 0 Å². The van der Waals surface area contributed by atoms with Gasteiger partial charge in [-0.15, -0.1) is 0 Å². The number of aliphatic carboxylic acids is 1. The van der Waals surface area contributed by atoms with E-state index in [1.165, 1.54) is 56.1 Å². The molecule has 2 rings (SSSR count). The lowest BCUT2D eigenvalue weighted by Gasteiger charge is -2.23. The van der Waals surface area contributed by atoms with E-state index in [0.717, 1.165) is 6.42 Å². The third-order valence-electron chi connectivity index (χ3n) is 6.38. The molecule has 5 heteroatoms. The van der Waals surface area contributed by atoms with E-state index in [2.05, 4.69) is 41.8 Å². The highest BCUT2D eigenvalue weighted by Crippen LogP contribution is 2.39. The van der Waals surface area contributed by atoms with Crippen LogP contribution in [0.4, 0.5) is 0 Å². The summed E-state index contributed by atoms with van der Waals surface area (Å²) in [4.78, 5) is 24.1. The van der Waals surface area contributed by atoms with Crippen molar-refractivity contribution in [3.8, 4) is 0 Å². The van der Waals surface area contributed by atoms with Gasteiger partial charge in [0.25, 0.3) is 0 Å². The molecule has 2 unspecified atom stereocenters. The average molecular weight is 417 g/mol. The topological polar surface area (TPSA) is 78.4 Å². The summed E-state index contributed by atoms with van der Waals surface area (Å²) in [6, 6.07) is 8.79. The van der Waals surface area contributed by atoms with E-state index < -0.39 is 11.4 Å². The second-order valence-corrected chi connectivity index (χ2v) is 8.76. The number of unbranched alkanes of at least 4 members (excludes halogenated alkanes) is 6. The van der Waals surface area contributed by atoms with Crippen molar-refractivity contribution in [1.29, 1.82) is 0 Å². The van der Waals surface area contributed by atoms with Crippen LogP contribution >= 0.6 is 0 Å². The second-order valence-electron chi connectivity index (χ2n) is 8.76. The van der Waals surface area contributed by atoms with Gasteiger partial charge < -0.3 is 15.7 Å². The molecule has 0 aliphatic heterocycles. The molecule has 30 heavy (non-hydrogen) atoms. The molecule has 0 spiro atoms. The summed E-state index contributed by atoms with van der Waals surface area (Å²) in [6.07, 6.45) is 11.9. The van der Waals surface area contributed by atoms with Gasteiger partial charge in [-0.2, -0.15) is 0 Å². The largest absolute Gasteiger partial charge is 0.480 e. The van der Waals surface area contributed by atoms with Gasteiger partial charge in [0, 0.05) is 19.1 Å². The number of nitrogens with one attached hydrogen (secondary N) is 2. The van der Waals surface area contributed by atoms with Gasteiger partial charge in [0.1, 0.15) is 5.41 Å². The maximum atomic E-state index is 12.3. The van der Waals surface area contributed by atoms with Gasteiger partial charge in [-0.05, 0) is 50.2 Å². The van der Waals surface area contributed by atoms with Gasteiger partial charge in [-0.1, -0.05) is 69.7 Å². The van der Waals surface area contributed by atoms with E-state index in [1.807, 2.05) is 6.92 Å². The Hall–Kier alpha value is -1.88. The minimum absolute atomic E-state index is 0.0519. The lowest BCUT2D eigenvalue weighted by atomic mass is 9.85. The number of rotatable bonds is 14. The van der Waals surface area contributed by atoms with E-state index in [0.29, 0.717) is 32.4 Å². The number of hydrogen-bond donors (Lipinski definition) is 3. The average Bonchev–Trinajstić information content (AvgIpc) is 3.18. The maximum Gasteiger partial charge on any atom is 0.319 e. The molecule has 5 nitrogen and oxygen atoms in total. The van der Waals surface area contributed by atoms with Crippen molar-refractivity contribution in [2.75, 3.05) is 6.54 Å². The minimum Gasteiger partial charge on any atom is -0.480 e. The molecule has 1 amide bonds. The van der Waals surface area contributed by atoms with Crippen molar-refractivity contribution < 1.29 is 14.7 Å². The Bertz CT molecular complexity index is 659. The van der Waals surface area contributed by atoms with Crippen molar-refractivity contribution in [3.05, 3.63) is 35.4 Å². The van der Waals surface area contributed by atoms with Crippen LogP contribution < -0.4 is 10.6 Å². The summed E-state index contributed by atoms with van der Waals surface area (Å²) in [5.74, 6) is -1.36. The Balaban J connectivity index is 1.72. The molecule has 3 N–H and O–H groups in total. The zero-order valence-electron chi connectivity index (χ0n) is 18.8. The van der Waals surface area contributed by atoms with Crippen molar-refractivity contribution in [1.82, 2.24) is 10.6 Å². The fraction of sp³-hybridized carbons (Fsp3) is 0.680. The quantitative estimate of drug-likeness (QED) is 0.300. The van der Waals surface area contributed by atoms with Crippen molar-refractivity contribution in [2.45, 2.75) is 97.1 Å². The van der Waals surface area contributed by atoms with Gasteiger partial charge in [0.15, 0.2) is 0 Å². The van der Waals surface area contributed by atoms with Crippen LogP contribution in [0.2, 0.25) is 0 Å². The molecular formula is C25H40N2O3. The molecule has 1 aromatic carbocycles. The van der Waals surface area contributed by atoms with E-state index in [1.54, 1.807) is 0 Å². The van der Waals surface area contributed by atoms with Gasteiger partial charge >= 0.3 is 5.97 Å². The summed E-state index contributed by atoms with van der Waals surface area (Å²) < 4.78 is 0. The summed E-state index contributed by atoms with van der Waals surface area (Å²) in [5, 5.41) is 15.8. The molecule has 1 aromatic rings. The highest BCUT2D eigenvalue weighted by Gasteiger charge is 2.51.